The van der Waals surface area contributed by atoms with Gasteiger partial charge in [0.25, 0.3) is 0 Å². The molecule has 1 aromatic carbocycles. The molecular formula is C11H13ClN2O. The molecule has 0 atom stereocenters. The van der Waals surface area contributed by atoms with Crippen molar-refractivity contribution in [1.29, 1.82) is 0 Å². The number of nitrogens with one attached hydrogen (secondary N) is 1. The molecule has 0 saturated heterocycles. The molecule has 0 bridgehead atoms. The molecule has 0 spiro atoms. The maximum atomic E-state index is 11.5. The molecular weight excluding hydrogens is 212 g/mol. The van der Waals surface area contributed by atoms with Gasteiger partial charge in [-0.15, -0.1) is 0 Å². The Balaban J connectivity index is 2.01. The smallest absolute Gasteiger partial charge is 0.224 e. The van der Waals surface area contributed by atoms with E-state index in [9.17, 15) is 4.79 Å². The van der Waals surface area contributed by atoms with Gasteiger partial charge in [0.2, 0.25) is 5.91 Å². The van der Waals surface area contributed by atoms with Crippen LogP contribution in [0.1, 0.15) is 19.3 Å². The van der Waals surface area contributed by atoms with Crippen LogP contribution in [0.4, 0.5) is 11.4 Å². The molecule has 1 saturated carbocycles. The SMILES string of the molecule is Nc1ccc(Cl)cc1NC(=O)CC1CC1. The Hall–Kier alpha value is -1.22. The highest BCUT2D eigenvalue weighted by Crippen LogP contribution is 2.33. The molecule has 80 valence electrons. The minimum Gasteiger partial charge on any atom is -0.397 e. The summed E-state index contributed by atoms with van der Waals surface area (Å²) in [6, 6.07) is 5.06. The molecule has 1 aliphatic rings. The van der Waals surface area contributed by atoms with Crippen molar-refractivity contribution in [1.82, 2.24) is 0 Å². The highest BCUT2D eigenvalue weighted by Gasteiger charge is 2.24. The lowest BCUT2D eigenvalue weighted by molar-refractivity contribution is -0.116. The average Bonchev–Trinajstić information content (AvgIpc) is 2.95. The Bertz CT molecular complexity index is 388. The first-order chi connectivity index (χ1) is 7.15. The second kappa shape index (κ2) is 4.11. The second-order valence-corrected chi connectivity index (χ2v) is 4.36. The molecule has 4 heteroatoms. The van der Waals surface area contributed by atoms with E-state index in [2.05, 4.69) is 5.32 Å². The van der Waals surface area contributed by atoms with Crippen LogP contribution in [-0.2, 0) is 4.79 Å². The standard InChI is InChI=1S/C11H13ClN2O/c12-8-3-4-9(13)10(6-8)14-11(15)5-7-1-2-7/h3-4,6-7H,1-2,5,13H2,(H,14,15). The zero-order valence-electron chi connectivity index (χ0n) is 8.29. The average molecular weight is 225 g/mol. The van der Waals surface area contributed by atoms with Crippen LogP contribution in [0, 0.1) is 5.92 Å². The summed E-state index contributed by atoms with van der Waals surface area (Å²) in [5.74, 6) is 0.594. The van der Waals surface area contributed by atoms with Crippen molar-refractivity contribution < 1.29 is 4.79 Å². The maximum Gasteiger partial charge on any atom is 0.224 e. The zero-order chi connectivity index (χ0) is 10.8. The Morgan fingerprint density at radius 1 is 1.53 bits per heavy atom. The van der Waals surface area contributed by atoms with Gasteiger partial charge in [-0.25, -0.2) is 0 Å². The third-order valence-corrected chi connectivity index (χ3v) is 2.70. The lowest BCUT2D eigenvalue weighted by Gasteiger charge is -2.07. The van der Waals surface area contributed by atoms with Gasteiger partial charge in [0.05, 0.1) is 11.4 Å². The van der Waals surface area contributed by atoms with E-state index in [1.807, 2.05) is 0 Å². The van der Waals surface area contributed by atoms with Crippen molar-refractivity contribution >= 4 is 28.9 Å². The molecule has 0 aliphatic heterocycles. The van der Waals surface area contributed by atoms with Crippen LogP contribution in [0.2, 0.25) is 5.02 Å². The third kappa shape index (κ3) is 2.86. The van der Waals surface area contributed by atoms with Gasteiger partial charge in [-0.2, -0.15) is 0 Å². The molecule has 1 amide bonds. The number of hydrogen-bond donors (Lipinski definition) is 2. The van der Waals surface area contributed by atoms with Gasteiger partial charge < -0.3 is 11.1 Å². The normalized spacial score (nSPS) is 15.0. The van der Waals surface area contributed by atoms with Crippen LogP contribution in [0.15, 0.2) is 18.2 Å². The third-order valence-electron chi connectivity index (χ3n) is 2.46. The van der Waals surface area contributed by atoms with Crippen LogP contribution in [0.3, 0.4) is 0 Å². The Morgan fingerprint density at radius 2 is 2.27 bits per heavy atom. The van der Waals surface area contributed by atoms with E-state index < -0.39 is 0 Å². The summed E-state index contributed by atoms with van der Waals surface area (Å²) in [4.78, 5) is 11.5. The van der Waals surface area contributed by atoms with Crippen molar-refractivity contribution in [3.05, 3.63) is 23.2 Å². The number of nitrogens with two attached hydrogens (primary N) is 1. The van der Waals surface area contributed by atoms with E-state index in [-0.39, 0.29) is 5.91 Å². The number of anilines is 2. The number of amides is 1. The summed E-state index contributed by atoms with van der Waals surface area (Å²) in [6.07, 6.45) is 2.92. The highest BCUT2D eigenvalue weighted by molar-refractivity contribution is 6.31. The first kappa shape index (κ1) is 10.3. The van der Waals surface area contributed by atoms with Crippen molar-refractivity contribution in [2.45, 2.75) is 19.3 Å². The van der Waals surface area contributed by atoms with E-state index in [1.165, 1.54) is 12.8 Å². The zero-order valence-corrected chi connectivity index (χ0v) is 9.05. The van der Waals surface area contributed by atoms with Gasteiger partial charge in [-0.3, -0.25) is 4.79 Å². The van der Waals surface area contributed by atoms with Gasteiger partial charge >= 0.3 is 0 Å². The van der Waals surface area contributed by atoms with Gasteiger partial charge in [0.15, 0.2) is 0 Å². The number of halogens is 1. The molecule has 0 aromatic heterocycles. The van der Waals surface area contributed by atoms with Crippen molar-refractivity contribution in [3.8, 4) is 0 Å². The van der Waals surface area contributed by atoms with Gasteiger partial charge in [0.1, 0.15) is 0 Å². The molecule has 1 fully saturated rings. The number of hydrogen-bond acceptors (Lipinski definition) is 2. The Morgan fingerprint density at radius 3 is 2.93 bits per heavy atom. The number of benzene rings is 1. The van der Waals surface area contributed by atoms with E-state index in [1.54, 1.807) is 18.2 Å². The molecule has 1 aliphatic carbocycles. The monoisotopic (exact) mass is 224 g/mol. The van der Waals surface area contributed by atoms with Crippen LogP contribution < -0.4 is 11.1 Å². The molecule has 2 rings (SSSR count). The van der Waals surface area contributed by atoms with E-state index in [0.717, 1.165) is 0 Å². The quantitative estimate of drug-likeness (QED) is 0.776. The molecule has 3 nitrogen and oxygen atoms in total. The van der Waals surface area contributed by atoms with E-state index >= 15 is 0 Å². The lowest BCUT2D eigenvalue weighted by Crippen LogP contribution is -2.13. The maximum absolute atomic E-state index is 11.5. The van der Waals surface area contributed by atoms with E-state index in [4.69, 9.17) is 17.3 Å². The fraction of sp³-hybridized carbons (Fsp3) is 0.364. The molecule has 0 radical (unpaired) electrons. The van der Waals surface area contributed by atoms with Crippen molar-refractivity contribution in [3.63, 3.8) is 0 Å². The largest absolute Gasteiger partial charge is 0.397 e. The van der Waals surface area contributed by atoms with Crippen LogP contribution >= 0.6 is 11.6 Å². The highest BCUT2D eigenvalue weighted by atomic mass is 35.5. The predicted octanol–water partition coefficient (Wildman–Crippen LogP) is 2.66. The van der Waals surface area contributed by atoms with Crippen LogP contribution in [0.25, 0.3) is 0 Å². The van der Waals surface area contributed by atoms with Crippen molar-refractivity contribution in [2.24, 2.45) is 5.92 Å². The van der Waals surface area contributed by atoms with Gasteiger partial charge in [0, 0.05) is 11.4 Å². The fourth-order valence-corrected chi connectivity index (χ4v) is 1.59. The predicted molar refractivity (Wildman–Crippen MR) is 61.8 cm³/mol. The van der Waals surface area contributed by atoms with Crippen LogP contribution in [0.5, 0.6) is 0 Å². The first-order valence-corrected chi connectivity index (χ1v) is 5.38. The van der Waals surface area contributed by atoms with Crippen LogP contribution in [-0.4, -0.2) is 5.91 Å². The minimum atomic E-state index is 0.0199. The first-order valence-electron chi connectivity index (χ1n) is 5.00. The summed E-state index contributed by atoms with van der Waals surface area (Å²) < 4.78 is 0. The van der Waals surface area contributed by atoms with Gasteiger partial charge in [-0.1, -0.05) is 11.6 Å². The number of rotatable bonds is 3. The molecule has 0 heterocycles. The van der Waals surface area contributed by atoms with E-state index in [0.29, 0.717) is 28.7 Å². The summed E-state index contributed by atoms with van der Waals surface area (Å²) in [5.41, 5.74) is 6.86. The molecule has 3 N–H and O–H groups in total. The number of carbonyl (C=O) groups excluding carboxylic acids is 1. The lowest BCUT2D eigenvalue weighted by atomic mass is 10.2. The molecule has 0 unspecified atom stereocenters. The molecule has 1 aromatic rings. The van der Waals surface area contributed by atoms with Crippen molar-refractivity contribution in [2.75, 3.05) is 11.1 Å². The summed E-state index contributed by atoms with van der Waals surface area (Å²) in [5, 5.41) is 3.35. The number of nitrogen functional groups attached to an aromatic ring is 1. The van der Waals surface area contributed by atoms with Gasteiger partial charge in [-0.05, 0) is 37.0 Å². The minimum absolute atomic E-state index is 0.0199. The second-order valence-electron chi connectivity index (χ2n) is 3.93. The number of carbonyl (C=O) groups is 1. The summed E-state index contributed by atoms with van der Waals surface area (Å²) in [6.45, 7) is 0. The topological polar surface area (TPSA) is 55.1 Å². The Kier molecular flexibility index (Phi) is 2.82. The fourth-order valence-electron chi connectivity index (χ4n) is 1.42. The summed E-state index contributed by atoms with van der Waals surface area (Å²) in [7, 11) is 0. The Labute approximate surface area is 93.6 Å². The molecule has 15 heavy (non-hydrogen) atoms. The summed E-state index contributed by atoms with van der Waals surface area (Å²) >= 11 is 5.81.